The SMILES string of the molecule is CCNC(=NCc1cc(Br)ccc1F)NCCCOCC1CCOCC1.I. The number of guanidine groups is 1. The van der Waals surface area contributed by atoms with Crippen LogP contribution in [0.25, 0.3) is 0 Å². The van der Waals surface area contributed by atoms with Crippen LogP contribution in [0.2, 0.25) is 0 Å². The van der Waals surface area contributed by atoms with Gasteiger partial charge in [-0.15, -0.1) is 24.0 Å². The fourth-order valence-electron chi connectivity index (χ4n) is 2.71. The minimum absolute atomic E-state index is 0. The Labute approximate surface area is 187 Å². The highest BCUT2D eigenvalue weighted by molar-refractivity contribution is 14.0. The molecule has 0 radical (unpaired) electrons. The van der Waals surface area contributed by atoms with Crippen LogP contribution < -0.4 is 10.6 Å². The Morgan fingerprint density at radius 2 is 2.11 bits per heavy atom. The van der Waals surface area contributed by atoms with E-state index in [4.69, 9.17) is 9.47 Å². The molecule has 0 spiro atoms. The Hall–Kier alpha value is -0.450. The van der Waals surface area contributed by atoms with Crippen LogP contribution in [0.1, 0.15) is 31.7 Å². The number of benzene rings is 1. The molecule has 0 unspecified atom stereocenters. The molecule has 0 atom stereocenters. The van der Waals surface area contributed by atoms with Crippen molar-refractivity contribution in [1.82, 2.24) is 10.6 Å². The molecule has 1 aliphatic heterocycles. The highest BCUT2D eigenvalue weighted by Gasteiger charge is 2.13. The van der Waals surface area contributed by atoms with Crippen LogP contribution in [0, 0.1) is 11.7 Å². The molecule has 27 heavy (non-hydrogen) atoms. The van der Waals surface area contributed by atoms with Gasteiger partial charge in [0.15, 0.2) is 5.96 Å². The molecule has 0 bridgehead atoms. The minimum Gasteiger partial charge on any atom is -0.381 e. The van der Waals surface area contributed by atoms with Gasteiger partial charge in [0.25, 0.3) is 0 Å². The Morgan fingerprint density at radius 1 is 1.33 bits per heavy atom. The van der Waals surface area contributed by atoms with Gasteiger partial charge < -0.3 is 20.1 Å². The zero-order valence-electron chi connectivity index (χ0n) is 15.8. The largest absolute Gasteiger partial charge is 0.381 e. The van der Waals surface area contributed by atoms with Crippen molar-refractivity contribution in [3.8, 4) is 0 Å². The number of hydrogen-bond donors (Lipinski definition) is 2. The summed E-state index contributed by atoms with van der Waals surface area (Å²) in [5.41, 5.74) is 0.566. The number of aliphatic imine (C=N–C) groups is 1. The molecule has 8 heteroatoms. The topological polar surface area (TPSA) is 54.9 Å². The van der Waals surface area contributed by atoms with Crippen LogP contribution in [0.15, 0.2) is 27.7 Å². The summed E-state index contributed by atoms with van der Waals surface area (Å²) in [6.07, 6.45) is 3.10. The van der Waals surface area contributed by atoms with Gasteiger partial charge in [-0.3, -0.25) is 0 Å². The molecule has 1 fully saturated rings. The first-order valence-electron chi connectivity index (χ1n) is 9.30. The molecule has 0 aromatic heterocycles. The molecule has 1 heterocycles. The monoisotopic (exact) mass is 557 g/mol. The highest BCUT2D eigenvalue weighted by atomic mass is 127. The third kappa shape index (κ3) is 10.0. The van der Waals surface area contributed by atoms with E-state index in [1.165, 1.54) is 6.07 Å². The van der Waals surface area contributed by atoms with Gasteiger partial charge in [-0.25, -0.2) is 9.38 Å². The van der Waals surface area contributed by atoms with E-state index in [2.05, 4.69) is 31.6 Å². The van der Waals surface area contributed by atoms with Gasteiger partial charge in [0, 0.05) is 49.6 Å². The maximum atomic E-state index is 13.8. The van der Waals surface area contributed by atoms with Crippen molar-refractivity contribution in [1.29, 1.82) is 0 Å². The lowest BCUT2D eigenvalue weighted by Crippen LogP contribution is -2.38. The third-order valence-corrected chi connectivity index (χ3v) is 4.71. The highest BCUT2D eigenvalue weighted by Crippen LogP contribution is 2.16. The van der Waals surface area contributed by atoms with Crippen molar-refractivity contribution in [3.63, 3.8) is 0 Å². The molecule has 0 aliphatic carbocycles. The summed E-state index contributed by atoms with van der Waals surface area (Å²) in [6, 6.07) is 4.89. The second-order valence-electron chi connectivity index (χ2n) is 6.34. The maximum Gasteiger partial charge on any atom is 0.191 e. The number of nitrogens with one attached hydrogen (secondary N) is 2. The Morgan fingerprint density at radius 3 is 2.85 bits per heavy atom. The molecule has 1 aromatic rings. The van der Waals surface area contributed by atoms with Crippen molar-refractivity contribution >= 4 is 45.9 Å². The molecule has 5 nitrogen and oxygen atoms in total. The Bertz CT molecular complexity index is 572. The minimum atomic E-state index is -0.241. The van der Waals surface area contributed by atoms with Crippen LogP contribution >= 0.6 is 39.9 Å². The van der Waals surface area contributed by atoms with E-state index in [0.29, 0.717) is 24.0 Å². The summed E-state index contributed by atoms with van der Waals surface area (Å²) < 4.78 is 25.8. The van der Waals surface area contributed by atoms with Crippen molar-refractivity contribution < 1.29 is 13.9 Å². The van der Waals surface area contributed by atoms with Crippen molar-refractivity contribution in [3.05, 3.63) is 34.1 Å². The number of halogens is 3. The molecule has 2 N–H and O–H groups in total. The number of ether oxygens (including phenoxy) is 2. The summed E-state index contributed by atoms with van der Waals surface area (Å²) >= 11 is 3.36. The molecule has 0 saturated carbocycles. The van der Waals surface area contributed by atoms with Crippen LogP contribution in [-0.4, -0.2) is 45.5 Å². The van der Waals surface area contributed by atoms with Crippen molar-refractivity contribution in [2.45, 2.75) is 32.7 Å². The quantitative estimate of drug-likeness (QED) is 0.208. The van der Waals surface area contributed by atoms with Crippen molar-refractivity contribution in [2.24, 2.45) is 10.9 Å². The lowest BCUT2D eigenvalue weighted by molar-refractivity contribution is 0.0203. The standard InChI is InChI=1S/C19H29BrFN3O2.HI/c1-2-22-19(24-13-16-12-17(20)4-5-18(16)21)23-8-3-9-26-14-15-6-10-25-11-7-15;/h4-5,12,15H,2-3,6-11,13-14H2,1H3,(H2,22,23,24);1H. The number of hydrogen-bond acceptors (Lipinski definition) is 3. The van der Waals surface area contributed by atoms with E-state index in [0.717, 1.165) is 63.3 Å². The van der Waals surface area contributed by atoms with Crippen molar-refractivity contribution in [2.75, 3.05) is 39.5 Å². The molecule has 1 aromatic carbocycles. The summed E-state index contributed by atoms with van der Waals surface area (Å²) in [6.45, 7) is 7.08. The third-order valence-electron chi connectivity index (χ3n) is 4.21. The second kappa shape index (κ2) is 14.5. The molecular formula is C19H30BrFIN3O2. The first-order valence-corrected chi connectivity index (χ1v) is 10.1. The summed E-state index contributed by atoms with van der Waals surface area (Å²) in [5.74, 6) is 1.08. The van der Waals surface area contributed by atoms with Gasteiger partial charge in [0.1, 0.15) is 5.82 Å². The molecule has 1 aliphatic rings. The van der Waals surface area contributed by atoms with Gasteiger partial charge in [-0.05, 0) is 50.3 Å². The predicted molar refractivity (Wildman–Crippen MR) is 121 cm³/mol. The summed E-state index contributed by atoms with van der Waals surface area (Å²) in [5, 5.41) is 6.45. The average Bonchev–Trinajstić information content (AvgIpc) is 2.65. The zero-order chi connectivity index (χ0) is 18.6. The molecule has 154 valence electrons. The van der Waals surface area contributed by atoms with E-state index < -0.39 is 0 Å². The van der Waals surface area contributed by atoms with Crippen LogP contribution in [-0.2, 0) is 16.0 Å². The van der Waals surface area contributed by atoms with Gasteiger partial charge in [0.05, 0.1) is 6.54 Å². The zero-order valence-corrected chi connectivity index (χ0v) is 19.7. The fraction of sp³-hybridized carbons (Fsp3) is 0.632. The Kier molecular flexibility index (Phi) is 13.2. The second-order valence-corrected chi connectivity index (χ2v) is 7.26. The Balaban J connectivity index is 0.00000364. The smallest absolute Gasteiger partial charge is 0.191 e. The molecular weight excluding hydrogens is 528 g/mol. The first-order chi connectivity index (χ1) is 12.7. The van der Waals surface area contributed by atoms with E-state index in [1.54, 1.807) is 12.1 Å². The lowest BCUT2D eigenvalue weighted by atomic mass is 10.0. The maximum absolute atomic E-state index is 13.8. The average molecular weight is 558 g/mol. The van der Waals surface area contributed by atoms with Crippen LogP contribution in [0.5, 0.6) is 0 Å². The number of rotatable bonds is 9. The van der Waals surface area contributed by atoms with E-state index in [-0.39, 0.29) is 29.8 Å². The molecule has 0 amide bonds. The summed E-state index contributed by atoms with van der Waals surface area (Å²) in [7, 11) is 0. The van der Waals surface area contributed by atoms with Crippen LogP contribution in [0.4, 0.5) is 4.39 Å². The van der Waals surface area contributed by atoms with E-state index in [9.17, 15) is 4.39 Å². The molecule has 2 rings (SSSR count). The number of nitrogens with zero attached hydrogens (tertiary/aromatic N) is 1. The van der Waals surface area contributed by atoms with Gasteiger partial charge in [-0.2, -0.15) is 0 Å². The normalized spacial score (nSPS) is 15.3. The van der Waals surface area contributed by atoms with E-state index in [1.807, 2.05) is 6.92 Å². The fourth-order valence-corrected chi connectivity index (χ4v) is 3.12. The molecule has 1 saturated heterocycles. The van der Waals surface area contributed by atoms with Gasteiger partial charge >= 0.3 is 0 Å². The van der Waals surface area contributed by atoms with Crippen LogP contribution in [0.3, 0.4) is 0 Å². The predicted octanol–water partition coefficient (Wildman–Crippen LogP) is 4.09. The van der Waals surface area contributed by atoms with Gasteiger partial charge in [0.2, 0.25) is 0 Å². The lowest BCUT2D eigenvalue weighted by Gasteiger charge is -2.21. The first kappa shape index (κ1) is 24.6. The van der Waals surface area contributed by atoms with Gasteiger partial charge in [-0.1, -0.05) is 15.9 Å². The van der Waals surface area contributed by atoms with E-state index >= 15 is 0 Å². The summed E-state index contributed by atoms with van der Waals surface area (Å²) in [4.78, 5) is 4.46.